The van der Waals surface area contributed by atoms with Crippen molar-refractivity contribution in [1.82, 2.24) is 9.80 Å². The normalized spacial score (nSPS) is 15.5. The van der Waals surface area contributed by atoms with Crippen LogP contribution in [0.15, 0.2) is 42.5 Å². The van der Waals surface area contributed by atoms with E-state index in [1.807, 2.05) is 4.90 Å². The molecule has 2 amide bonds. The fourth-order valence-corrected chi connectivity index (χ4v) is 4.38. The van der Waals surface area contributed by atoms with E-state index in [2.05, 4.69) is 10.0 Å². The second-order valence-electron chi connectivity index (χ2n) is 8.58. The predicted octanol–water partition coefficient (Wildman–Crippen LogP) is 1.38. The monoisotopic (exact) mass is 509 g/mol. The van der Waals surface area contributed by atoms with Gasteiger partial charge < -0.3 is 16.0 Å². The Kier molecular flexibility index (Phi) is 8.76. The minimum absolute atomic E-state index is 0.0807. The zero-order valence-electron chi connectivity index (χ0n) is 19.3. The summed E-state index contributed by atoms with van der Waals surface area (Å²) in [6.45, 7) is 2.03. The second kappa shape index (κ2) is 11.6. The van der Waals surface area contributed by atoms with Crippen LogP contribution in [0.2, 0.25) is 0 Å². The Morgan fingerprint density at radius 3 is 2.37 bits per heavy atom. The molecule has 2 aromatic carbocycles. The maximum atomic E-state index is 13.4. The zero-order chi connectivity index (χ0) is 25.6. The van der Waals surface area contributed by atoms with Crippen molar-refractivity contribution in [3.8, 4) is 0 Å². The Morgan fingerprint density at radius 1 is 1.03 bits per heavy atom. The average Bonchev–Trinajstić information content (AvgIpc) is 2.75. The van der Waals surface area contributed by atoms with Gasteiger partial charge in [-0.2, -0.15) is 0 Å². The van der Waals surface area contributed by atoms with Crippen LogP contribution in [-0.2, 0) is 26.0 Å². The number of anilines is 2. The average molecular weight is 510 g/mol. The molecule has 12 heteroatoms. The Labute approximate surface area is 203 Å². The summed E-state index contributed by atoms with van der Waals surface area (Å²) in [6.07, 6.45) is 1.38. The summed E-state index contributed by atoms with van der Waals surface area (Å²) in [7, 11) is -3.42. The van der Waals surface area contributed by atoms with E-state index in [0.717, 1.165) is 18.4 Å². The molecule has 35 heavy (non-hydrogen) atoms. The number of carbonyl (C=O) groups is 2. The molecule has 1 saturated heterocycles. The van der Waals surface area contributed by atoms with Crippen LogP contribution >= 0.6 is 0 Å². The number of amides is 2. The molecule has 0 aliphatic carbocycles. The molecule has 9 nitrogen and oxygen atoms in total. The fraction of sp³-hybridized carbons (Fsp3) is 0.391. The number of hydrogen-bond donors (Lipinski definition) is 3. The lowest BCUT2D eigenvalue weighted by Gasteiger charge is -2.34. The molecule has 0 bridgehead atoms. The van der Waals surface area contributed by atoms with E-state index in [4.69, 9.17) is 5.73 Å². The first-order valence-electron chi connectivity index (χ1n) is 11.1. The van der Waals surface area contributed by atoms with Gasteiger partial charge in [0.15, 0.2) is 11.6 Å². The van der Waals surface area contributed by atoms with Crippen LogP contribution < -0.4 is 15.8 Å². The molecule has 1 aliphatic heterocycles. The van der Waals surface area contributed by atoms with Gasteiger partial charge in [0.2, 0.25) is 21.8 Å². The van der Waals surface area contributed by atoms with Gasteiger partial charge in [-0.05, 0) is 42.3 Å². The molecular formula is C23H29F2N5O4S. The number of rotatable bonds is 9. The molecule has 0 aromatic heterocycles. The molecule has 3 rings (SSSR count). The second-order valence-corrected chi connectivity index (χ2v) is 10.3. The molecular weight excluding hydrogens is 480 g/mol. The van der Waals surface area contributed by atoms with Crippen LogP contribution in [0.3, 0.4) is 0 Å². The number of piperazine rings is 1. The molecule has 0 unspecified atom stereocenters. The van der Waals surface area contributed by atoms with Gasteiger partial charge in [-0.15, -0.1) is 0 Å². The molecule has 4 N–H and O–H groups in total. The van der Waals surface area contributed by atoms with Crippen LogP contribution in [0.25, 0.3) is 0 Å². The van der Waals surface area contributed by atoms with E-state index >= 15 is 0 Å². The maximum Gasteiger partial charge on any atom is 0.238 e. The first kappa shape index (κ1) is 26.5. The zero-order valence-corrected chi connectivity index (χ0v) is 20.2. The van der Waals surface area contributed by atoms with Crippen molar-refractivity contribution >= 4 is 33.2 Å². The number of nitrogens with zero attached hydrogens (tertiary/aromatic N) is 2. The molecule has 2 aromatic rings. The minimum atomic E-state index is -3.42. The van der Waals surface area contributed by atoms with E-state index in [1.54, 1.807) is 23.1 Å². The van der Waals surface area contributed by atoms with Crippen molar-refractivity contribution in [3.05, 3.63) is 59.7 Å². The lowest BCUT2D eigenvalue weighted by Crippen LogP contribution is -2.51. The van der Waals surface area contributed by atoms with Crippen LogP contribution in [0.5, 0.6) is 0 Å². The first-order chi connectivity index (χ1) is 16.5. The summed E-state index contributed by atoms with van der Waals surface area (Å²) < 4.78 is 51.5. The predicted molar refractivity (Wildman–Crippen MR) is 129 cm³/mol. The van der Waals surface area contributed by atoms with Gasteiger partial charge in [-0.1, -0.05) is 12.1 Å². The SMILES string of the molecule is CS(=O)(=O)Nc1cccc(NC(=O)CN2CCN(C(=O)C[C@H](N)Cc3ccc(F)c(F)c3)CC2)c1. The Morgan fingerprint density at radius 2 is 1.71 bits per heavy atom. The van der Waals surface area contributed by atoms with E-state index in [9.17, 15) is 26.8 Å². The molecule has 1 atom stereocenters. The summed E-state index contributed by atoms with van der Waals surface area (Å²) in [5.74, 6) is -2.25. The number of carbonyl (C=O) groups excluding carboxylic acids is 2. The van der Waals surface area contributed by atoms with E-state index in [1.165, 1.54) is 12.1 Å². The van der Waals surface area contributed by atoms with Gasteiger partial charge in [-0.25, -0.2) is 17.2 Å². The quantitative estimate of drug-likeness (QED) is 0.469. The van der Waals surface area contributed by atoms with Gasteiger partial charge in [0.1, 0.15) is 0 Å². The maximum absolute atomic E-state index is 13.4. The lowest BCUT2D eigenvalue weighted by molar-refractivity contribution is -0.133. The third-order valence-electron chi connectivity index (χ3n) is 5.46. The highest BCUT2D eigenvalue weighted by atomic mass is 32.2. The number of nitrogens with one attached hydrogen (secondary N) is 2. The molecule has 1 fully saturated rings. The third kappa shape index (κ3) is 8.57. The van der Waals surface area contributed by atoms with E-state index in [0.29, 0.717) is 43.1 Å². The van der Waals surface area contributed by atoms with Crippen LogP contribution in [0.1, 0.15) is 12.0 Å². The summed E-state index contributed by atoms with van der Waals surface area (Å²) in [5, 5.41) is 2.74. The minimum Gasteiger partial charge on any atom is -0.340 e. The lowest BCUT2D eigenvalue weighted by atomic mass is 10.0. The van der Waals surface area contributed by atoms with Crippen molar-refractivity contribution in [2.75, 3.05) is 49.0 Å². The molecule has 0 saturated carbocycles. The Balaban J connectivity index is 1.42. The van der Waals surface area contributed by atoms with Crippen LogP contribution in [-0.4, -0.2) is 75.1 Å². The smallest absolute Gasteiger partial charge is 0.238 e. The molecule has 190 valence electrons. The highest BCUT2D eigenvalue weighted by Crippen LogP contribution is 2.16. The van der Waals surface area contributed by atoms with Gasteiger partial charge in [0.05, 0.1) is 18.5 Å². The van der Waals surface area contributed by atoms with Gasteiger partial charge in [-0.3, -0.25) is 19.2 Å². The molecule has 1 aliphatic rings. The first-order valence-corrected chi connectivity index (χ1v) is 12.9. The van der Waals surface area contributed by atoms with Gasteiger partial charge in [0, 0.05) is 44.3 Å². The van der Waals surface area contributed by atoms with Gasteiger partial charge >= 0.3 is 0 Å². The van der Waals surface area contributed by atoms with Gasteiger partial charge in [0.25, 0.3) is 0 Å². The van der Waals surface area contributed by atoms with Crippen molar-refractivity contribution < 1.29 is 26.8 Å². The third-order valence-corrected chi connectivity index (χ3v) is 6.07. The van der Waals surface area contributed by atoms with Crippen molar-refractivity contribution in [3.63, 3.8) is 0 Å². The Bertz CT molecular complexity index is 1170. The number of benzene rings is 2. The Hall–Kier alpha value is -3.09. The molecule has 1 heterocycles. The standard InChI is InChI=1S/C23H29F2N5O4S/c1-35(33,34)28-19-4-2-3-18(14-19)27-22(31)15-29-7-9-30(10-8-29)23(32)13-17(26)11-16-5-6-20(24)21(25)12-16/h2-6,12,14,17,28H,7-11,13,15,26H2,1H3,(H,27,31)/t17-/m1/s1. The molecule has 0 radical (unpaired) electrons. The van der Waals surface area contributed by atoms with Crippen LogP contribution in [0.4, 0.5) is 20.2 Å². The molecule has 0 spiro atoms. The van der Waals surface area contributed by atoms with Crippen molar-refractivity contribution in [1.29, 1.82) is 0 Å². The van der Waals surface area contributed by atoms with E-state index < -0.39 is 27.7 Å². The topological polar surface area (TPSA) is 125 Å². The highest BCUT2D eigenvalue weighted by molar-refractivity contribution is 7.92. The number of hydrogen-bond acceptors (Lipinski definition) is 6. The summed E-state index contributed by atoms with van der Waals surface area (Å²) >= 11 is 0. The van der Waals surface area contributed by atoms with E-state index in [-0.39, 0.29) is 31.2 Å². The summed E-state index contributed by atoms with van der Waals surface area (Å²) in [5.41, 5.74) is 7.39. The van der Waals surface area contributed by atoms with Crippen molar-refractivity contribution in [2.45, 2.75) is 18.9 Å². The largest absolute Gasteiger partial charge is 0.340 e. The highest BCUT2D eigenvalue weighted by Gasteiger charge is 2.24. The number of sulfonamides is 1. The number of nitrogens with two attached hydrogens (primary N) is 1. The summed E-state index contributed by atoms with van der Waals surface area (Å²) in [6, 6.07) is 9.45. The summed E-state index contributed by atoms with van der Waals surface area (Å²) in [4.78, 5) is 28.6. The van der Waals surface area contributed by atoms with Crippen LogP contribution in [0, 0.1) is 11.6 Å². The number of halogens is 2. The fourth-order valence-electron chi connectivity index (χ4n) is 3.83. The van der Waals surface area contributed by atoms with Crippen molar-refractivity contribution in [2.24, 2.45) is 5.73 Å².